The molecular formula is C18H17N5O. The molecule has 0 aliphatic heterocycles. The third-order valence-corrected chi connectivity index (χ3v) is 3.62. The Labute approximate surface area is 139 Å². The zero-order chi connectivity index (χ0) is 17.1. The van der Waals surface area contributed by atoms with Gasteiger partial charge in [0, 0.05) is 28.6 Å². The molecule has 0 aliphatic rings. The summed E-state index contributed by atoms with van der Waals surface area (Å²) in [5, 5.41) is 3.16. The van der Waals surface area contributed by atoms with Crippen LogP contribution in [-0.4, -0.2) is 15.9 Å². The summed E-state index contributed by atoms with van der Waals surface area (Å²) < 4.78 is 0. The number of primary amides is 1. The first-order valence-corrected chi connectivity index (χ1v) is 7.38. The molecule has 6 nitrogen and oxygen atoms in total. The molecule has 0 unspecified atom stereocenters. The lowest BCUT2D eigenvalue weighted by molar-refractivity contribution is 0.1000. The number of rotatable bonds is 4. The largest absolute Gasteiger partial charge is 0.399 e. The van der Waals surface area contributed by atoms with E-state index in [1.807, 2.05) is 49.4 Å². The fourth-order valence-electron chi connectivity index (χ4n) is 2.39. The second-order valence-electron chi connectivity index (χ2n) is 5.43. The molecule has 6 heteroatoms. The smallest absolute Gasteiger partial charge is 0.249 e. The first-order chi connectivity index (χ1) is 11.5. The molecule has 0 saturated heterocycles. The molecule has 120 valence electrons. The van der Waals surface area contributed by atoms with Crippen molar-refractivity contribution in [1.29, 1.82) is 0 Å². The van der Waals surface area contributed by atoms with Crippen LogP contribution in [0.3, 0.4) is 0 Å². The van der Waals surface area contributed by atoms with E-state index in [1.54, 1.807) is 6.07 Å². The number of aryl methyl sites for hydroxylation is 1. The number of hydrogen-bond donors (Lipinski definition) is 3. The van der Waals surface area contributed by atoms with E-state index in [4.69, 9.17) is 11.5 Å². The van der Waals surface area contributed by atoms with E-state index in [9.17, 15) is 4.79 Å². The third-order valence-electron chi connectivity index (χ3n) is 3.62. The topological polar surface area (TPSA) is 107 Å². The van der Waals surface area contributed by atoms with Gasteiger partial charge in [-0.25, -0.2) is 9.97 Å². The number of carbonyl (C=O) groups is 1. The SMILES string of the molecule is Cc1ccc(Nc2cc(-c3cccc(N)c3)ncn2)cc1C(N)=O. The van der Waals surface area contributed by atoms with Gasteiger partial charge in [0.05, 0.1) is 5.69 Å². The molecule has 0 fully saturated rings. The van der Waals surface area contributed by atoms with Crippen LogP contribution in [-0.2, 0) is 0 Å². The van der Waals surface area contributed by atoms with Gasteiger partial charge in [-0.15, -0.1) is 0 Å². The number of nitrogens with two attached hydrogens (primary N) is 2. The van der Waals surface area contributed by atoms with Gasteiger partial charge >= 0.3 is 0 Å². The number of hydrogen-bond acceptors (Lipinski definition) is 5. The average molecular weight is 319 g/mol. The van der Waals surface area contributed by atoms with Crippen molar-refractivity contribution in [3.8, 4) is 11.3 Å². The quantitative estimate of drug-likeness (QED) is 0.641. The van der Waals surface area contributed by atoms with Crippen LogP contribution in [0.1, 0.15) is 15.9 Å². The molecule has 0 bridgehead atoms. The van der Waals surface area contributed by atoms with Gasteiger partial charge in [0.15, 0.2) is 0 Å². The van der Waals surface area contributed by atoms with E-state index in [0.29, 0.717) is 17.1 Å². The van der Waals surface area contributed by atoms with Gasteiger partial charge < -0.3 is 16.8 Å². The molecule has 0 aliphatic carbocycles. The summed E-state index contributed by atoms with van der Waals surface area (Å²) in [5.41, 5.74) is 15.6. The molecule has 3 rings (SSSR count). The average Bonchev–Trinajstić information content (AvgIpc) is 2.57. The number of amides is 1. The van der Waals surface area contributed by atoms with Crippen molar-refractivity contribution in [3.63, 3.8) is 0 Å². The first kappa shape index (κ1) is 15.5. The molecule has 1 amide bonds. The molecule has 1 heterocycles. The standard InChI is InChI=1S/C18H17N5O/c1-11-5-6-14(8-15(11)18(20)24)23-17-9-16(21-10-22-17)12-3-2-4-13(19)7-12/h2-10H,19H2,1H3,(H2,20,24)(H,21,22,23). The molecule has 0 spiro atoms. The summed E-state index contributed by atoms with van der Waals surface area (Å²) in [4.78, 5) is 19.9. The van der Waals surface area contributed by atoms with Crippen molar-refractivity contribution in [2.75, 3.05) is 11.1 Å². The summed E-state index contributed by atoms with van der Waals surface area (Å²) in [7, 11) is 0. The fraction of sp³-hybridized carbons (Fsp3) is 0.0556. The Hall–Kier alpha value is -3.41. The lowest BCUT2D eigenvalue weighted by Crippen LogP contribution is -2.13. The highest BCUT2D eigenvalue weighted by molar-refractivity contribution is 5.95. The Morgan fingerprint density at radius 2 is 1.92 bits per heavy atom. The predicted octanol–water partition coefficient (Wildman–Crippen LogP) is 2.88. The Kier molecular flexibility index (Phi) is 4.11. The fourth-order valence-corrected chi connectivity index (χ4v) is 2.39. The minimum atomic E-state index is -0.459. The number of nitrogens with one attached hydrogen (secondary N) is 1. The van der Waals surface area contributed by atoms with Crippen molar-refractivity contribution in [3.05, 3.63) is 66.0 Å². The summed E-state index contributed by atoms with van der Waals surface area (Å²) in [6.45, 7) is 1.84. The maximum absolute atomic E-state index is 11.5. The van der Waals surface area contributed by atoms with Crippen LogP contribution < -0.4 is 16.8 Å². The van der Waals surface area contributed by atoms with Gasteiger partial charge in [0.25, 0.3) is 0 Å². The Bertz CT molecular complexity index is 907. The molecular weight excluding hydrogens is 302 g/mol. The Morgan fingerprint density at radius 3 is 2.67 bits per heavy atom. The van der Waals surface area contributed by atoms with Crippen molar-refractivity contribution in [2.45, 2.75) is 6.92 Å². The zero-order valence-electron chi connectivity index (χ0n) is 13.2. The van der Waals surface area contributed by atoms with Gasteiger partial charge in [0.1, 0.15) is 12.1 Å². The highest BCUT2D eigenvalue weighted by atomic mass is 16.1. The Balaban J connectivity index is 1.90. The highest BCUT2D eigenvalue weighted by Crippen LogP contribution is 2.23. The molecule has 0 atom stereocenters. The number of nitrogens with zero attached hydrogens (tertiary/aromatic N) is 2. The minimum absolute atomic E-state index is 0.459. The number of anilines is 3. The third kappa shape index (κ3) is 3.33. The van der Waals surface area contributed by atoms with E-state index >= 15 is 0 Å². The van der Waals surface area contributed by atoms with Crippen molar-refractivity contribution < 1.29 is 4.79 Å². The molecule has 24 heavy (non-hydrogen) atoms. The molecule has 1 aromatic heterocycles. The van der Waals surface area contributed by atoms with E-state index < -0.39 is 5.91 Å². The molecule has 2 aromatic carbocycles. The van der Waals surface area contributed by atoms with E-state index in [2.05, 4.69) is 15.3 Å². The maximum Gasteiger partial charge on any atom is 0.249 e. The zero-order valence-corrected chi connectivity index (χ0v) is 13.2. The van der Waals surface area contributed by atoms with Crippen molar-refractivity contribution in [1.82, 2.24) is 9.97 Å². The molecule has 5 N–H and O–H groups in total. The number of carbonyl (C=O) groups excluding carboxylic acids is 1. The Morgan fingerprint density at radius 1 is 1.08 bits per heavy atom. The second-order valence-corrected chi connectivity index (χ2v) is 5.43. The van der Waals surface area contributed by atoms with E-state index in [0.717, 1.165) is 22.5 Å². The molecule has 0 radical (unpaired) electrons. The van der Waals surface area contributed by atoms with Gasteiger partial charge in [-0.2, -0.15) is 0 Å². The normalized spacial score (nSPS) is 10.4. The van der Waals surface area contributed by atoms with E-state index in [1.165, 1.54) is 6.33 Å². The lowest BCUT2D eigenvalue weighted by Gasteiger charge is -2.09. The van der Waals surface area contributed by atoms with Crippen LogP contribution >= 0.6 is 0 Å². The van der Waals surface area contributed by atoms with Crippen LogP contribution in [0.25, 0.3) is 11.3 Å². The summed E-state index contributed by atoms with van der Waals surface area (Å²) in [6.07, 6.45) is 1.48. The van der Waals surface area contributed by atoms with Crippen LogP contribution in [0, 0.1) is 6.92 Å². The van der Waals surface area contributed by atoms with Crippen LogP contribution in [0.15, 0.2) is 54.9 Å². The summed E-state index contributed by atoms with van der Waals surface area (Å²) >= 11 is 0. The first-order valence-electron chi connectivity index (χ1n) is 7.38. The summed E-state index contributed by atoms with van der Waals surface area (Å²) in [6, 6.07) is 14.7. The van der Waals surface area contributed by atoms with Gasteiger partial charge in [-0.1, -0.05) is 18.2 Å². The maximum atomic E-state index is 11.5. The van der Waals surface area contributed by atoms with Gasteiger partial charge in [-0.3, -0.25) is 4.79 Å². The van der Waals surface area contributed by atoms with Crippen LogP contribution in [0.2, 0.25) is 0 Å². The van der Waals surface area contributed by atoms with Gasteiger partial charge in [-0.05, 0) is 36.8 Å². The lowest BCUT2D eigenvalue weighted by atomic mass is 10.1. The van der Waals surface area contributed by atoms with E-state index in [-0.39, 0.29) is 0 Å². The van der Waals surface area contributed by atoms with Gasteiger partial charge in [0.2, 0.25) is 5.91 Å². The minimum Gasteiger partial charge on any atom is -0.399 e. The monoisotopic (exact) mass is 319 g/mol. The number of aromatic nitrogens is 2. The highest BCUT2D eigenvalue weighted by Gasteiger charge is 2.07. The predicted molar refractivity (Wildman–Crippen MR) is 94.9 cm³/mol. The number of benzene rings is 2. The second kappa shape index (κ2) is 6.37. The van der Waals surface area contributed by atoms with Crippen LogP contribution in [0.4, 0.5) is 17.2 Å². The molecule has 0 saturated carbocycles. The van der Waals surface area contributed by atoms with Crippen molar-refractivity contribution >= 4 is 23.1 Å². The van der Waals surface area contributed by atoms with Crippen molar-refractivity contribution in [2.24, 2.45) is 5.73 Å². The molecule has 3 aromatic rings. The summed E-state index contributed by atoms with van der Waals surface area (Å²) in [5.74, 6) is 0.154. The number of nitrogen functional groups attached to an aromatic ring is 1. The van der Waals surface area contributed by atoms with Crippen LogP contribution in [0.5, 0.6) is 0 Å².